The predicted molar refractivity (Wildman–Crippen MR) is 74.3 cm³/mol. The Hall–Kier alpha value is -2.07. The summed E-state index contributed by atoms with van der Waals surface area (Å²) in [5.74, 6) is 1.47. The number of ether oxygens (including phenoxy) is 2. The molecular weight excluding hydrogens is 240 g/mol. The minimum absolute atomic E-state index is 0.433. The first-order valence-electron chi connectivity index (χ1n) is 6.17. The Bertz CT molecular complexity index is 515. The molecular formula is C15H18N2O2. The zero-order valence-electron chi connectivity index (χ0n) is 11.2. The van der Waals surface area contributed by atoms with E-state index < -0.39 is 0 Å². The van der Waals surface area contributed by atoms with Crippen molar-refractivity contribution in [1.82, 2.24) is 10.3 Å². The van der Waals surface area contributed by atoms with E-state index in [9.17, 15) is 0 Å². The molecule has 0 unspecified atom stereocenters. The molecule has 1 aromatic heterocycles. The second-order valence-corrected chi connectivity index (χ2v) is 4.13. The maximum absolute atomic E-state index is 5.74. The monoisotopic (exact) mass is 258 g/mol. The maximum Gasteiger partial charge on any atom is 0.161 e. The first-order valence-corrected chi connectivity index (χ1v) is 6.17. The van der Waals surface area contributed by atoms with Crippen molar-refractivity contribution >= 4 is 0 Å². The third-order valence-corrected chi connectivity index (χ3v) is 2.71. The van der Waals surface area contributed by atoms with Crippen LogP contribution in [-0.4, -0.2) is 19.1 Å². The molecule has 2 aromatic rings. The standard InChI is InChI=1S/C15H18N2O2/c1-16-10-12-6-7-14(15(9-12)18-2)19-11-13-5-3-4-8-17-13/h3-9,16H,10-11H2,1-2H3. The van der Waals surface area contributed by atoms with E-state index in [2.05, 4.69) is 10.3 Å². The summed E-state index contributed by atoms with van der Waals surface area (Å²) in [6.07, 6.45) is 1.76. The first kappa shape index (κ1) is 13.4. The fraction of sp³-hybridized carbons (Fsp3) is 0.267. The molecule has 0 bridgehead atoms. The van der Waals surface area contributed by atoms with Crippen LogP contribution in [0, 0.1) is 0 Å². The second kappa shape index (κ2) is 6.75. The zero-order chi connectivity index (χ0) is 13.5. The van der Waals surface area contributed by atoms with E-state index >= 15 is 0 Å². The largest absolute Gasteiger partial charge is 0.493 e. The fourth-order valence-corrected chi connectivity index (χ4v) is 1.78. The molecule has 0 aliphatic heterocycles. The number of nitrogens with one attached hydrogen (secondary N) is 1. The van der Waals surface area contributed by atoms with Crippen molar-refractivity contribution in [1.29, 1.82) is 0 Å². The number of rotatable bonds is 6. The van der Waals surface area contributed by atoms with Crippen molar-refractivity contribution in [3.8, 4) is 11.5 Å². The molecule has 1 heterocycles. The Labute approximate surface area is 113 Å². The summed E-state index contributed by atoms with van der Waals surface area (Å²) < 4.78 is 11.1. The van der Waals surface area contributed by atoms with Gasteiger partial charge in [-0.2, -0.15) is 0 Å². The Morgan fingerprint density at radius 1 is 1.16 bits per heavy atom. The van der Waals surface area contributed by atoms with E-state index in [1.165, 1.54) is 0 Å². The quantitative estimate of drug-likeness (QED) is 0.864. The van der Waals surface area contributed by atoms with Gasteiger partial charge in [-0.1, -0.05) is 12.1 Å². The molecule has 0 atom stereocenters. The summed E-state index contributed by atoms with van der Waals surface area (Å²) in [7, 11) is 3.56. The van der Waals surface area contributed by atoms with Gasteiger partial charge in [-0.25, -0.2) is 0 Å². The van der Waals surface area contributed by atoms with Crippen molar-refractivity contribution in [2.75, 3.05) is 14.2 Å². The molecule has 0 fully saturated rings. The van der Waals surface area contributed by atoms with Gasteiger partial charge in [0, 0.05) is 12.7 Å². The molecule has 0 amide bonds. The van der Waals surface area contributed by atoms with Crippen molar-refractivity contribution in [3.63, 3.8) is 0 Å². The molecule has 0 saturated carbocycles. The van der Waals surface area contributed by atoms with Gasteiger partial charge in [-0.05, 0) is 36.9 Å². The van der Waals surface area contributed by atoms with Crippen LogP contribution in [0.4, 0.5) is 0 Å². The van der Waals surface area contributed by atoms with E-state index in [0.717, 1.165) is 29.3 Å². The molecule has 0 spiro atoms. The third-order valence-electron chi connectivity index (χ3n) is 2.71. The van der Waals surface area contributed by atoms with Crippen molar-refractivity contribution in [2.24, 2.45) is 0 Å². The lowest BCUT2D eigenvalue weighted by molar-refractivity contribution is 0.280. The molecule has 100 valence electrons. The molecule has 0 radical (unpaired) electrons. The summed E-state index contributed by atoms with van der Waals surface area (Å²) in [6, 6.07) is 11.7. The molecule has 19 heavy (non-hydrogen) atoms. The molecule has 0 aliphatic rings. The second-order valence-electron chi connectivity index (χ2n) is 4.13. The minimum Gasteiger partial charge on any atom is -0.493 e. The highest BCUT2D eigenvalue weighted by Crippen LogP contribution is 2.28. The number of pyridine rings is 1. The topological polar surface area (TPSA) is 43.4 Å². The van der Waals surface area contributed by atoms with Crippen LogP contribution in [-0.2, 0) is 13.2 Å². The number of benzene rings is 1. The predicted octanol–water partition coefficient (Wildman–Crippen LogP) is 2.39. The molecule has 1 aromatic carbocycles. The zero-order valence-corrected chi connectivity index (χ0v) is 11.2. The summed E-state index contributed by atoms with van der Waals surface area (Å²) in [6.45, 7) is 1.24. The average Bonchev–Trinajstić information content (AvgIpc) is 2.47. The Kier molecular flexibility index (Phi) is 4.75. The van der Waals surface area contributed by atoms with Crippen LogP contribution in [0.2, 0.25) is 0 Å². The average molecular weight is 258 g/mol. The maximum atomic E-state index is 5.74. The van der Waals surface area contributed by atoms with Gasteiger partial charge in [-0.3, -0.25) is 4.98 Å². The van der Waals surface area contributed by atoms with Gasteiger partial charge in [0.1, 0.15) is 6.61 Å². The summed E-state index contributed by atoms with van der Waals surface area (Å²) in [5.41, 5.74) is 2.05. The van der Waals surface area contributed by atoms with E-state index in [1.54, 1.807) is 13.3 Å². The first-order chi connectivity index (χ1) is 9.33. The number of hydrogen-bond donors (Lipinski definition) is 1. The Balaban J connectivity index is 2.07. The number of hydrogen-bond acceptors (Lipinski definition) is 4. The van der Waals surface area contributed by atoms with Crippen LogP contribution in [0.15, 0.2) is 42.6 Å². The Morgan fingerprint density at radius 3 is 2.74 bits per heavy atom. The molecule has 2 rings (SSSR count). The van der Waals surface area contributed by atoms with Crippen molar-refractivity contribution in [2.45, 2.75) is 13.2 Å². The van der Waals surface area contributed by atoms with Crippen molar-refractivity contribution < 1.29 is 9.47 Å². The molecule has 0 aliphatic carbocycles. The van der Waals surface area contributed by atoms with Gasteiger partial charge in [0.2, 0.25) is 0 Å². The summed E-state index contributed by atoms with van der Waals surface area (Å²) in [4.78, 5) is 4.22. The van der Waals surface area contributed by atoms with Gasteiger partial charge in [0.25, 0.3) is 0 Å². The van der Waals surface area contributed by atoms with Gasteiger partial charge >= 0.3 is 0 Å². The lowest BCUT2D eigenvalue weighted by atomic mass is 10.2. The van der Waals surface area contributed by atoms with Gasteiger partial charge in [0.15, 0.2) is 11.5 Å². The minimum atomic E-state index is 0.433. The van der Waals surface area contributed by atoms with E-state index in [4.69, 9.17) is 9.47 Å². The highest BCUT2D eigenvalue weighted by atomic mass is 16.5. The van der Waals surface area contributed by atoms with E-state index in [-0.39, 0.29) is 0 Å². The SMILES string of the molecule is CNCc1ccc(OCc2ccccn2)c(OC)c1. The number of aromatic nitrogens is 1. The van der Waals surface area contributed by atoms with Gasteiger partial charge in [-0.15, -0.1) is 0 Å². The lowest BCUT2D eigenvalue weighted by Gasteiger charge is -2.12. The third kappa shape index (κ3) is 3.69. The normalized spacial score (nSPS) is 10.2. The van der Waals surface area contributed by atoms with E-state index in [1.807, 2.05) is 43.4 Å². The number of methoxy groups -OCH3 is 1. The highest BCUT2D eigenvalue weighted by molar-refractivity contribution is 5.43. The molecule has 1 N–H and O–H groups in total. The smallest absolute Gasteiger partial charge is 0.161 e. The van der Waals surface area contributed by atoms with Crippen LogP contribution in [0.5, 0.6) is 11.5 Å². The molecule has 4 heteroatoms. The van der Waals surface area contributed by atoms with Crippen LogP contribution >= 0.6 is 0 Å². The lowest BCUT2D eigenvalue weighted by Crippen LogP contribution is -2.05. The molecule has 0 saturated heterocycles. The summed E-state index contributed by atoms with van der Waals surface area (Å²) >= 11 is 0. The van der Waals surface area contributed by atoms with Crippen molar-refractivity contribution in [3.05, 3.63) is 53.9 Å². The van der Waals surface area contributed by atoms with Crippen LogP contribution in [0.3, 0.4) is 0 Å². The number of nitrogens with zero attached hydrogens (tertiary/aromatic N) is 1. The fourth-order valence-electron chi connectivity index (χ4n) is 1.78. The van der Waals surface area contributed by atoms with Crippen LogP contribution in [0.1, 0.15) is 11.3 Å². The summed E-state index contributed by atoms with van der Waals surface area (Å²) in [5, 5.41) is 3.11. The van der Waals surface area contributed by atoms with E-state index in [0.29, 0.717) is 6.61 Å². The molecule has 4 nitrogen and oxygen atoms in total. The highest BCUT2D eigenvalue weighted by Gasteiger charge is 2.06. The van der Waals surface area contributed by atoms with Crippen LogP contribution in [0.25, 0.3) is 0 Å². The van der Waals surface area contributed by atoms with Gasteiger partial charge < -0.3 is 14.8 Å². The Morgan fingerprint density at radius 2 is 2.05 bits per heavy atom. The van der Waals surface area contributed by atoms with Crippen LogP contribution < -0.4 is 14.8 Å². The van der Waals surface area contributed by atoms with Gasteiger partial charge in [0.05, 0.1) is 12.8 Å².